The number of nitrogens with zero attached hydrogens (tertiary/aromatic N) is 1. The van der Waals surface area contributed by atoms with Crippen LogP contribution in [0.1, 0.15) is 5.69 Å². The molecule has 0 aliphatic heterocycles. The molecule has 2 aromatic carbocycles. The van der Waals surface area contributed by atoms with Gasteiger partial charge in [0.2, 0.25) is 0 Å². The lowest BCUT2D eigenvalue weighted by Crippen LogP contribution is -1.88. The van der Waals surface area contributed by atoms with Crippen molar-refractivity contribution in [3.8, 4) is 16.9 Å². The summed E-state index contributed by atoms with van der Waals surface area (Å²) in [5.74, 6) is 0.286. The maximum atomic E-state index is 9.36. The third-order valence-corrected chi connectivity index (χ3v) is 3.02. The Labute approximate surface area is 106 Å². The summed E-state index contributed by atoms with van der Waals surface area (Å²) in [6.45, 7) is 2.00. The molecule has 88 valence electrons. The maximum absolute atomic E-state index is 9.36. The van der Waals surface area contributed by atoms with Crippen LogP contribution in [-0.2, 0) is 0 Å². The molecule has 0 unspecified atom stereocenters. The van der Waals surface area contributed by atoms with Crippen LogP contribution in [0.4, 0.5) is 0 Å². The molecule has 1 heterocycles. The second-order valence-electron chi connectivity index (χ2n) is 4.38. The molecule has 3 rings (SSSR count). The first-order valence-corrected chi connectivity index (χ1v) is 5.90. The Bertz CT molecular complexity index is 702. The molecule has 0 bridgehead atoms. The van der Waals surface area contributed by atoms with Gasteiger partial charge >= 0.3 is 0 Å². The Morgan fingerprint density at radius 1 is 0.944 bits per heavy atom. The summed E-state index contributed by atoms with van der Waals surface area (Å²) in [6, 6.07) is 17.5. The van der Waals surface area contributed by atoms with Crippen molar-refractivity contribution in [1.29, 1.82) is 0 Å². The minimum absolute atomic E-state index is 0.286. The summed E-state index contributed by atoms with van der Waals surface area (Å²) in [5.41, 5.74) is 4.24. The van der Waals surface area contributed by atoms with E-state index >= 15 is 0 Å². The van der Waals surface area contributed by atoms with Gasteiger partial charge in [-0.1, -0.05) is 30.3 Å². The second kappa shape index (κ2) is 4.15. The molecule has 1 aromatic heterocycles. The highest BCUT2D eigenvalue weighted by Crippen LogP contribution is 2.29. The third-order valence-electron chi connectivity index (χ3n) is 3.02. The van der Waals surface area contributed by atoms with Gasteiger partial charge in [-0.05, 0) is 42.3 Å². The van der Waals surface area contributed by atoms with Crippen molar-refractivity contribution in [3.63, 3.8) is 0 Å². The van der Waals surface area contributed by atoms with Gasteiger partial charge in [-0.3, -0.25) is 4.98 Å². The van der Waals surface area contributed by atoms with Crippen LogP contribution >= 0.6 is 0 Å². The molecule has 0 aliphatic carbocycles. The number of para-hydroxylation sites is 1. The highest BCUT2D eigenvalue weighted by atomic mass is 16.3. The van der Waals surface area contributed by atoms with Crippen LogP contribution < -0.4 is 0 Å². The molecular weight excluding hydrogens is 222 g/mol. The van der Waals surface area contributed by atoms with Gasteiger partial charge in [0.15, 0.2) is 0 Å². The first-order chi connectivity index (χ1) is 8.74. The Morgan fingerprint density at radius 3 is 2.44 bits per heavy atom. The van der Waals surface area contributed by atoms with E-state index in [0.717, 1.165) is 27.7 Å². The highest BCUT2D eigenvalue weighted by molar-refractivity contribution is 5.94. The third kappa shape index (κ3) is 1.82. The summed E-state index contributed by atoms with van der Waals surface area (Å²) < 4.78 is 0. The molecule has 18 heavy (non-hydrogen) atoms. The number of phenols is 1. The maximum Gasteiger partial charge on any atom is 0.115 e. The van der Waals surface area contributed by atoms with Crippen LogP contribution in [0.3, 0.4) is 0 Å². The summed E-state index contributed by atoms with van der Waals surface area (Å²) >= 11 is 0. The van der Waals surface area contributed by atoms with Crippen molar-refractivity contribution in [2.75, 3.05) is 0 Å². The second-order valence-corrected chi connectivity index (χ2v) is 4.38. The molecule has 1 N–H and O–H groups in total. The van der Waals surface area contributed by atoms with Crippen molar-refractivity contribution < 1.29 is 5.11 Å². The fourth-order valence-corrected chi connectivity index (χ4v) is 2.19. The van der Waals surface area contributed by atoms with E-state index in [0.29, 0.717) is 0 Å². The number of aromatic hydroxyl groups is 1. The van der Waals surface area contributed by atoms with E-state index in [1.165, 1.54) is 0 Å². The molecular formula is C16H13NO. The number of pyridine rings is 1. The molecule has 3 aromatic rings. The quantitative estimate of drug-likeness (QED) is 0.693. The summed E-state index contributed by atoms with van der Waals surface area (Å²) in [4.78, 5) is 4.53. The molecule has 0 radical (unpaired) electrons. The standard InChI is InChI=1S/C16H13NO/c1-11-10-15(12-6-8-13(18)9-7-12)14-4-2-3-5-16(14)17-11/h2-10,18H,1H3. The van der Waals surface area contributed by atoms with Crippen LogP contribution in [0, 0.1) is 6.92 Å². The number of aromatic nitrogens is 1. The molecule has 0 atom stereocenters. The molecule has 0 aliphatic rings. The summed E-state index contributed by atoms with van der Waals surface area (Å²) in [7, 11) is 0. The number of aryl methyl sites for hydroxylation is 1. The number of hydrogen-bond donors (Lipinski definition) is 1. The largest absolute Gasteiger partial charge is 0.508 e. The lowest BCUT2D eigenvalue weighted by Gasteiger charge is -2.08. The molecule has 0 saturated carbocycles. The van der Waals surface area contributed by atoms with E-state index in [1.54, 1.807) is 12.1 Å². The van der Waals surface area contributed by atoms with E-state index in [2.05, 4.69) is 17.1 Å². The van der Waals surface area contributed by atoms with Crippen LogP contribution in [-0.4, -0.2) is 10.1 Å². The number of fused-ring (bicyclic) bond motifs is 1. The van der Waals surface area contributed by atoms with Gasteiger partial charge in [0.25, 0.3) is 0 Å². The fourth-order valence-electron chi connectivity index (χ4n) is 2.19. The van der Waals surface area contributed by atoms with E-state index < -0.39 is 0 Å². The average Bonchev–Trinajstić information content (AvgIpc) is 2.38. The zero-order chi connectivity index (χ0) is 12.5. The Hall–Kier alpha value is -2.35. The molecule has 0 saturated heterocycles. The highest BCUT2D eigenvalue weighted by Gasteiger charge is 2.05. The number of hydrogen-bond acceptors (Lipinski definition) is 2. The van der Waals surface area contributed by atoms with Gasteiger partial charge in [-0.15, -0.1) is 0 Å². The van der Waals surface area contributed by atoms with Crippen LogP contribution in [0.15, 0.2) is 54.6 Å². The lowest BCUT2D eigenvalue weighted by molar-refractivity contribution is 0.475. The van der Waals surface area contributed by atoms with Gasteiger partial charge in [-0.2, -0.15) is 0 Å². The van der Waals surface area contributed by atoms with Crippen LogP contribution in [0.5, 0.6) is 5.75 Å². The average molecular weight is 235 g/mol. The molecule has 0 fully saturated rings. The van der Waals surface area contributed by atoms with Crippen molar-refractivity contribution in [3.05, 3.63) is 60.3 Å². The lowest BCUT2D eigenvalue weighted by atomic mass is 10.0. The summed E-state index contributed by atoms with van der Waals surface area (Å²) in [5, 5.41) is 10.5. The van der Waals surface area contributed by atoms with Gasteiger partial charge in [0.05, 0.1) is 5.52 Å². The van der Waals surface area contributed by atoms with Gasteiger partial charge in [0.1, 0.15) is 5.75 Å². The van der Waals surface area contributed by atoms with Gasteiger partial charge < -0.3 is 5.11 Å². The van der Waals surface area contributed by atoms with E-state index in [9.17, 15) is 5.11 Å². The number of phenolic OH excluding ortho intramolecular Hbond substituents is 1. The molecule has 2 heteroatoms. The Kier molecular flexibility index (Phi) is 2.49. The predicted molar refractivity (Wildman–Crippen MR) is 73.6 cm³/mol. The predicted octanol–water partition coefficient (Wildman–Crippen LogP) is 3.92. The van der Waals surface area contributed by atoms with E-state index in [1.807, 2.05) is 37.3 Å². The van der Waals surface area contributed by atoms with Crippen molar-refractivity contribution in [2.45, 2.75) is 6.92 Å². The van der Waals surface area contributed by atoms with E-state index in [-0.39, 0.29) is 5.75 Å². The minimum Gasteiger partial charge on any atom is -0.508 e. The van der Waals surface area contributed by atoms with E-state index in [4.69, 9.17) is 0 Å². The zero-order valence-electron chi connectivity index (χ0n) is 10.1. The zero-order valence-corrected chi connectivity index (χ0v) is 10.1. The SMILES string of the molecule is Cc1cc(-c2ccc(O)cc2)c2ccccc2n1. The van der Waals surface area contributed by atoms with Crippen LogP contribution in [0.25, 0.3) is 22.0 Å². The number of rotatable bonds is 1. The Balaban J connectivity index is 2.31. The van der Waals surface area contributed by atoms with Crippen molar-refractivity contribution in [1.82, 2.24) is 4.98 Å². The monoisotopic (exact) mass is 235 g/mol. The fraction of sp³-hybridized carbons (Fsp3) is 0.0625. The van der Waals surface area contributed by atoms with Crippen molar-refractivity contribution in [2.24, 2.45) is 0 Å². The Morgan fingerprint density at radius 2 is 1.67 bits per heavy atom. The topological polar surface area (TPSA) is 33.1 Å². The summed E-state index contributed by atoms with van der Waals surface area (Å²) in [6.07, 6.45) is 0. The smallest absolute Gasteiger partial charge is 0.115 e. The molecule has 2 nitrogen and oxygen atoms in total. The van der Waals surface area contributed by atoms with Gasteiger partial charge in [-0.25, -0.2) is 0 Å². The van der Waals surface area contributed by atoms with Gasteiger partial charge in [0, 0.05) is 11.1 Å². The normalized spacial score (nSPS) is 10.7. The van der Waals surface area contributed by atoms with Crippen molar-refractivity contribution >= 4 is 10.9 Å². The first kappa shape index (κ1) is 10.8. The molecule has 0 spiro atoms. The first-order valence-electron chi connectivity index (χ1n) is 5.90. The molecule has 0 amide bonds. The van der Waals surface area contributed by atoms with Crippen LogP contribution in [0.2, 0.25) is 0 Å². The minimum atomic E-state index is 0.286. The number of benzene rings is 2.